The average Bonchev–Trinajstić information content (AvgIpc) is 2.65. The predicted octanol–water partition coefficient (Wildman–Crippen LogP) is 6.16. The fraction of sp³-hybridized carbons (Fsp3) is 0.636. The molecule has 0 saturated carbocycles. The highest BCUT2D eigenvalue weighted by atomic mass is 16.5. The van der Waals surface area contributed by atoms with Crippen LogP contribution in [0, 0.1) is 0 Å². The molecule has 5 heteroatoms. The summed E-state index contributed by atoms with van der Waals surface area (Å²) in [6, 6.07) is 3.88. The van der Waals surface area contributed by atoms with Crippen molar-refractivity contribution in [2.75, 3.05) is 6.61 Å². The van der Waals surface area contributed by atoms with Crippen LogP contribution >= 0.6 is 0 Å². The van der Waals surface area contributed by atoms with Gasteiger partial charge < -0.3 is 14.9 Å². The van der Waals surface area contributed by atoms with Crippen LogP contribution in [0.4, 0.5) is 0 Å². The van der Waals surface area contributed by atoms with Crippen LogP contribution in [0.2, 0.25) is 0 Å². The SMILES string of the molecule is CCCCCCCCCCCCCCOc1cc(C(=O)O)cc(C(=O)O)c1. The lowest BCUT2D eigenvalue weighted by Crippen LogP contribution is -2.05. The number of carboxylic acids is 2. The highest BCUT2D eigenvalue weighted by Crippen LogP contribution is 2.19. The zero-order valence-electron chi connectivity index (χ0n) is 16.5. The van der Waals surface area contributed by atoms with E-state index in [1.807, 2.05) is 0 Å². The normalized spacial score (nSPS) is 10.7. The zero-order valence-corrected chi connectivity index (χ0v) is 16.5. The van der Waals surface area contributed by atoms with E-state index < -0.39 is 11.9 Å². The number of ether oxygens (including phenoxy) is 1. The summed E-state index contributed by atoms with van der Waals surface area (Å²) in [7, 11) is 0. The second-order valence-electron chi connectivity index (χ2n) is 7.09. The number of hydrogen-bond donors (Lipinski definition) is 2. The molecule has 0 atom stereocenters. The third kappa shape index (κ3) is 10.6. The van der Waals surface area contributed by atoms with Crippen LogP contribution < -0.4 is 4.74 Å². The van der Waals surface area contributed by atoms with Gasteiger partial charge in [0, 0.05) is 0 Å². The Hall–Kier alpha value is -2.04. The van der Waals surface area contributed by atoms with Crippen molar-refractivity contribution in [2.45, 2.75) is 84.0 Å². The number of carboxylic acid groups (broad SMARTS) is 2. The first-order valence-electron chi connectivity index (χ1n) is 10.3. The van der Waals surface area contributed by atoms with Crippen LogP contribution in [0.25, 0.3) is 0 Å². The van der Waals surface area contributed by atoms with Gasteiger partial charge in [-0.2, -0.15) is 0 Å². The van der Waals surface area contributed by atoms with Gasteiger partial charge in [-0.1, -0.05) is 77.6 Å². The van der Waals surface area contributed by atoms with Gasteiger partial charge in [0.05, 0.1) is 17.7 Å². The van der Waals surface area contributed by atoms with Crippen LogP contribution in [0.1, 0.15) is 105 Å². The predicted molar refractivity (Wildman–Crippen MR) is 107 cm³/mol. The second kappa shape index (κ2) is 14.1. The van der Waals surface area contributed by atoms with E-state index in [4.69, 9.17) is 14.9 Å². The molecule has 0 radical (unpaired) electrons. The molecular formula is C22H34O5. The van der Waals surface area contributed by atoms with Crippen molar-refractivity contribution in [2.24, 2.45) is 0 Å². The molecular weight excluding hydrogens is 344 g/mol. The van der Waals surface area contributed by atoms with Gasteiger partial charge in [-0.25, -0.2) is 9.59 Å². The van der Waals surface area contributed by atoms with Crippen molar-refractivity contribution >= 4 is 11.9 Å². The molecule has 27 heavy (non-hydrogen) atoms. The zero-order chi connectivity index (χ0) is 19.9. The first kappa shape index (κ1) is 23.0. The third-order valence-corrected chi connectivity index (χ3v) is 4.67. The van der Waals surface area contributed by atoms with Crippen molar-refractivity contribution in [1.29, 1.82) is 0 Å². The Morgan fingerprint density at radius 3 is 1.52 bits per heavy atom. The molecule has 0 aliphatic heterocycles. The Labute approximate surface area is 162 Å². The third-order valence-electron chi connectivity index (χ3n) is 4.67. The number of unbranched alkanes of at least 4 members (excludes halogenated alkanes) is 11. The highest BCUT2D eigenvalue weighted by molar-refractivity contribution is 5.94. The van der Waals surface area contributed by atoms with Crippen LogP contribution in [0.15, 0.2) is 18.2 Å². The quantitative estimate of drug-likeness (QED) is 0.336. The van der Waals surface area contributed by atoms with Gasteiger partial charge >= 0.3 is 11.9 Å². The van der Waals surface area contributed by atoms with E-state index in [2.05, 4.69) is 6.92 Å². The monoisotopic (exact) mass is 378 g/mol. The fourth-order valence-corrected chi connectivity index (χ4v) is 3.06. The molecule has 1 rings (SSSR count). The first-order valence-corrected chi connectivity index (χ1v) is 10.3. The summed E-state index contributed by atoms with van der Waals surface area (Å²) in [6.45, 7) is 2.71. The molecule has 0 fully saturated rings. The van der Waals surface area contributed by atoms with Crippen LogP contribution in [0.5, 0.6) is 5.75 Å². The van der Waals surface area contributed by atoms with E-state index in [1.165, 1.54) is 76.3 Å². The van der Waals surface area contributed by atoms with Gasteiger partial charge in [0.1, 0.15) is 5.75 Å². The Balaban J connectivity index is 2.11. The number of benzene rings is 1. The lowest BCUT2D eigenvalue weighted by atomic mass is 10.1. The molecule has 0 unspecified atom stereocenters. The molecule has 0 heterocycles. The first-order chi connectivity index (χ1) is 13.0. The van der Waals surface area contributed by atoms with Gasteiger partial charge in [0.15, 0.2) is 0 Å². The van der Waals surface area contributed by atoms with Crippen molar-refractivity contribution in [3.63, 3.8) is 0 Å². The molecule has 2 N–H and O–H groups in total. The topological polar surface area (TPSA) is 83.8 Å². The second-order valence-corrected chi connectivity index (χ2v) is 7.09. The minimum absolute atomic E-state index is 0.0698. The molecule has 0 aromatic heterocycles. The molecule has 0 aliphatic rings. The van der Waals surface area contributed by atoms with E-state index in [9.17, 15) is 9.59 Å². The standard InChI is InChI=1S/C22H34O5/c1-2-3-4-5-6-7-8-9-10-11-12-13-14-27-20-16-18(21(23)24)15-19(17-20)22(25)26/h15-17H,2-14H2,1H3,(H,23,24)(H,25,26). The Morgan fingerprint density at radius 2 is 1.11 bits per heavy atom. The lowest BCUT2D eigenvalue weighted by molar-refractivity contribution is 0.0696. The number of rotatable bonds is 16. The van der Waals surface area contributed by atoms with Gasteiger partial charge in [-0.05, 0) is 24.6 Å². The van der Waals surface area contributed by atoms with E-state index in [0.717, 1.165) is 18.9 Å². The summed E-state index contributed by atoms with van der Waals surface area (Å²) in [5.41, 5.74) is -0.140. The van der Waals surface area contributed by atoms with E-state index in [0.29, 0.717) is 12.4 Å². The minimum atomic E-state index is -1.16. The Bertz CT molecular complexity index is 536. The van der Waals surface area contributed by atoms with E-state index in [-0.39, 0.29) is 11.1 Å². The number of hydrogen-bond acceptors (Lipinski definition) is 3. The fourth-order valence-electron chi connectivity index (χ4n) is 3.06. The van der Waals surface area contributed by atoms with Gasteiger partial charge in [-0.15, -0.1) is 0 Å². The average molecular weight is 379 g/mol. The highest BCUT2D eigenvalue weighted by Gasteiger charge is 2.12. The van der Waals surface area contributed by atoms with Gasteiger partial charge in [0.2, 0.25) is 0 Å². The van der Waals surface area contributed by atoms with Crippen molar-refractivity contribution in [3.05, 3.63) is 29.3 Å². The summed E-state index contributed by atoms with van der Waals surface area (Å²) < 4.78 is 5.55. The van der Waals surface area contributed by atoms with Crippen LogP contribution in [-0.2, 0) is 0 Å². The maximum absolute atomic E-state index is 11.1. The minimum Gasteiger partial charge on any atom is -0.494 e. The molecule has 1 aromatic carbocycles. The largest absolute Gasteiger partial charge is 0.494 e. The maximum atomic E-state index is 11.1. The summed E-state index contributed by atoms with van der Waals surface area (Å²) in [5.74, 6) is -2.02. The Kier molecular flexibility index (Phi) is 12.0. The van der Waals surface area contributed by atoms with Gasteiger partial charge in [0.25, 0.3) is 0 Å². The summed E-state index contributed by atoms with van der Waals surface area (Å²) in [6.07, 6.45) is 15.1. The molecule has 0 amide bonds. The van der Waals surface area contributed by atoms with E-state index in [1.54, 1.807) is 0 Å². The van der Waals surface area contributed by atoms with Crippen LogP contribution in [-0.4, -0.2) is 28.8 Å². The maximum Gasteiger partial charge on any atom is 0.335 e. The molecule has 0 bridgehead atoms. The lowest BCUT2D eigenvalue weighted by Gasteiger charge is -2.08. The summed E-state index contributed by atoms with van der Waals surface area (Å²) >= 11 is 0. The summed E-state index contributed by atoms with van der Waals surface area (Å²) in [4.78, 5) is 22.1. The number of carbonyl (C=O) groups is 2. The van der Waals surface area contributed by atoms with E-state index >= 15 is 0 Å². The molecule has 5 nitrogen and oxygen atoms in total. The molecule has 0 aliphatic carbocycles. The Morgan fingerprint density at radius 1 is 0.704 bits per heavy atom. The smallest absolute Gasteiger partial charge is 0.335 e. The van der Waals surface area contributed by atoms with Crippen LogP contribution in [0.3, 0.4) is 0 Å². The van der Waals surface area contributed by atoms with Crippen molar-refractivity contribution in [3.8, 4) is 5.75 Å². The molecule has 1 aromatic rings. The number of aromatic carboxylic acids is 2. The van der Waals surface area contributed by atoms with Gasteiger partial charge in [-0.3, -0.25) is 0 Å². The summed E-state index contributed by atoms with van der Waals surface area (Å²) in [5, 5.41) is 18.1. The molecule has 0 spiro atoms. The molecule has 0 saturated heterocycles. The van der Waals surface area contributed by atoms with Crippen molar-refractivity contribution < 1.29 is 24.5 Å². The molecule has 152 valence electrons. The van der Waals surface area contributed by atoms with Crippen molar-refractivity contribution in [1.82, 2.24) is 0 Å².